The van der Waals surface area contributed by atoms with Crippen molar-refractivity contribution >= 4 is 27.6 Å². The van der Waals surface area contributed by atoms with Crippen LogP contribution in [0.25, 0.3) is 0 Å². The standard InChI is InChI=1S/C15H31NO5S2/c1-5-22-9-8-21-12-23(18,19)16-6-7-20-11-14(4)10-15(17)13(2)3/h13-14,16H,5-12H2,1-4H3. The Labute approximate surface area is 145 Å². The van der Waals surface area contributed by atoms with E-state index >= 15 is 0 Å². The highest BCUT2D eigenvalue weighted by molar-refractivity contribution is 7.99. The van der Waals surface area contributed by atoms with Crippen molar-refractivity contribution in [2.75, 3.05) is 43.8 Å². The van der Waals surface area contributed by atoms with E-state index in [0.717, 1.165) is 11.5 Å². The fraction of sp³-hybridized carbons (Fsp3) is 0.933. The Morgan fingerprint density at radius 1 is 1.17 bits per heavy atom. The predicted molar refractivity (Wildman–Crippen MR) is 95.2 cm³/mol. The topological polar surface area (TPSA) is 81.7 Å². The molecule has 0 aromatic carbocycles. The first-order valence-electron chi connectivity index (χ1n) is 8.01. The molecule has 0 aromatic heterocycles. The van der Waals surface area contributed by atoms with Crippen LogP contribution in [0.1, 0.15) is 34.1 Å². The predicted octanol–water partition coefficient (Wildman–Crippen LogP) is 1.90. The molecule has 0 heterocycles. The van der Waals surface area contributed by atoms with Crippen molar-refractivity contribution in [3.63, 3.8) is 0 Å². The molecular formula is C15H31NO5S2. The molecule has 1 unspecified atom stereocenters. The van der Waals surface area contributed by atoms with Gasteiger partial charge in [0.25, 0.3) is 0 Å². The number of carbonyl (C=O) groups is 1. The van der Waals surface area contributed by atoms with Crippen molar-refractivity contribution in [1.29, 1.82) is 0 Å². The molecule has 8 heteroatoms. The van der Waals surface area contributed by atoms with E-state index in [1.165, 1.54) is 0 Å². The summed E-state index contributed by atoms with van der Waals surface area (Å²) in [6.45, 7) is 9.13. The number of thioether (sulfide) groups is 1. The summed E-state index contributed by atoms with van der Waals surface area (Å²) < 4.78 is 36.2. The van der Waals surface area contributed by atoms with Gasteiger partial charge in [0, 0.05) is 31.2 Å². The van der Waals surface area contributed by atoms with Crippen molar-refractivity contribution in [1.82, 2.24) is 4.72 Å². The minimum atomic E-state index is -3.42. The van der Waals surface area contributed by atoms with Gasteiger partial charge in [0.2, 0.25) is 10.0 Å². The van der Waals surface area contributed by atoms with Crippen LogP contribution in [0, 0.1) is 11.8 Å². The SMILES string of the molecule is CCSCCOCS(=O)(=O)NCCOCC(C)CC(=O)C(C)C. The van der Waals surface area contributed by atoms with E-state index in [1.54, 1.807) is 11.8 Å². The van der Waals surface area contributed by atoms with E-state index in [2.05, 4.69) is 4.72 Å². The summed E-state index contributed by atoms with van der Waals surface area (Å²) in [7, 11) is -3.42. The number of sulfonamides is 1. The number of ketones is 1. The maximum Gasteiger partial charge on any atom is 0.235 e. The summed E-state index contributed by atoms with van der Waals surface area (Å²) in [4.78, 5) is 11.6. The second-order valence-corrected chi connectivity index (χ2v) is 8.89. The quantitative estimate of drug-likeness (QED) is 0.444. The highest BCUT2D eigenvalue weighted by Crippen LogP contribution is 2.08. The molecular weight excluding hydrogens is 338 g/mol. The van der Waals surface area contributed by atoms with E-state index < -0.39 is 10.0 Å². The van der Waals surface area contributed by atoms with Crippen LogP contribution in [0.3, 0.4) is 0 Å². The maximum atomic E-state index is 11.6. The number of hydrogen-bond donors (Lipinski definition) is 1. The van der Waals surface area contributed by atoms with E-state index in [0.29, 0.717) is 19.6 Å². The number of hydrogen-bond acceptors (Lipinski definition) is 6. The Morgan fingerprint density at radius 3 is 2.48 bits per heavy atom. The fourth-order valence-electron chi connectivity index (χ4n) is 1.66. The monoisotopic (exact) mass is 369 g/mol. The van der Waals surface area contributed by atoms with Crippen LogP contribution in [0.15, 0.2) is 0 Å². The normalized spacial score (nSPS) is 13.4. The average Bonchev–Trinajstić information content (AvgIpc) is 2.46. The van der Waals surface area contributed by atoms with E-state index in [-0.39, 0.29) is 36.7 Å². The van der Waals surface area contributed by atoms with Gasteiger partial charge in [-0.1, -0.05) is 27.7 Å². The van der Waals surface area contributed by atoms with E-state index in [9.17, 15) is 13.2 Å². The van der Waals surface area contributed by atoms with Crippen LogP contribution in [0.2, 0.25) is 0 Å². The smallest absolute Gasteiger partial charge is 0.235 e. The Balaban J connectivity index is 3.67. The minimum absolute atomic E-state index is 0.0417. The fourth-order valence-corrected chi connectivity index (χ4v) is 3.00. The third-order valence-electron chi connectivity index (χ3n) is 2.98. The molecule has 0 rings (SSSR count). The third-order valence-corrected chi connectivity index (χ3v) is 4.96. The molecule has 1 atom stereocenters. The lowest BCUT2D eigenvalue weighted by atomic mass is 9.98. The molecule has 0 spiro atoms. The van der Waals surface area contributed by atoms with Crippen molar-refractivity contribution in [3.8, 4) is 0 Å². The molecule has 0 radical (unpaired) electrons. The first-order valence-corrected chi connectivity index (χ1v) is 10.8. The Morgan fingerprint density at radius 2 is 1.87 bits per heavy atom. The zero-order valence-electron chi connectivity index (χ0n) is 14.7. The van der Waals surface area contributed by atoms with Crippen LogP contribution in [-0.2, 0) is 24.3 Å². The van der Waals surface area contributed by atoms with Gasteiger partial charge in [-0.05, 0) is 11.7 Å². The van der Waals surface area contributed by atoms with Gasteiger partial charge in [0.1, 0.15) is 5.78 Å². The molecule has 0 amide bonds. The molecule has 0 saturated carbocycles. The van der Waals surface area contributed by atoms with Crippen LogP contribution in [-0.4, -0.2) is 58.0 Å². The third kappa shape index (κ3) is 13.9. The molecule has 138 valence electrons. The lowest BCUT2D eigenvalue weighted by molar-refractivity contribution is -0.123. The zero-order valence-corrected chi connectivity index (χ0v) is 16.3. The van der Waals surface area contributed by atoms with Crippen LogP contribution in [0.5, 0.6) is 0 Å². The van der Waals surface area contributed by atoms with Crippen LogP contribution in [0.4, 0.5) is 0 Å². The molecule has 6 nitrogen and oxygen atoms in total. The minimum Gasteiger partial charge on any atom is -0.380 e. The maximum absolute atomic E-state index is 11.6. The molecule has 0 bridgehead atoms. The molecule has 0 aromatic rings. The summed E-state index contributed by atoms with van der Waals surface area (Å²) in [5, 5.41) is 0. The molecule has 0 saturated heterocycles. The number of ether oxygens (including phenoxy) is 2. The van der Waals surface area contributed by atoms with Crippen molar-refractivity contribution in [2.45, 2.75) is 34.1 Å². The van der Waals surface area contributed by atoms with Crippen molar-refractivity contribution in [3.05, 3.63) is 0 Å². The second kappa shape index (κ2) is 13.2. The van der Waals surface area contributed by atoms with Crippen molar-refractivity contribution in [2.24, 2.45) is 11.8 Å². The molecule has 0 aliphatic rings. The van der Waals surface area contributed by atoms with Gasteiger partial charge in [-0.3, -0.25) is 4.79 Å². The Bertz CT molecular complexity index is 412. The summed E-state index contributed by atoms with van der Waals surface area (Å²) in [5.41, 5.74) is 0. The average molecular weight is 370 g/mol. The molecule has 0 fully saturated rings. The summed E-state index contributed by atoms with van der Waals surface area (Å²) >= 11 is 1.71. The van der Waals surface area contributed by atoms with Gasteiger partial charge in [-0.25, -0.2) is 13.1 Å². The molecule has 0 aliphatic heterocycles. The largest absolute Gasteiger partial charge is 0.380 e. The van der Waals surface area contributed by atoms with E-state index in [4.69, 9.17) is 9.47 Å². The van der Waals surface area contributed by atoms with Crippen LogP contribution >= 0.6 is 11.8 Å². The lowest BCUT2D eigenvalue weighted by Crippen LogP contribution is -2.31. The Hall–Kier alpha value is -0.150. The van der Waals surface area contributed by atoms with Gasteiger partial charge in [0.05, 0.1) is 13.2 Å². The van der Waals surface area contributed by atoms with E-state index in [1.807, 2.05) is 27.7 Å². The van der Waals surface area contributed by atoms with Gasteiger partial charge in [-0.2, -0.15) is 11.8 Å². The first-order chi connectivity index (χ1) is 10.8. The van der Waals surface area contributed by atoms with Crippen molar-refractivity contribution < 1.29 is 22.7 Å². The van der Waals surface area contributed by atoms with Gasteiger partial charge >= 0.3 is 0 Å². The van der Waals surface area contributed by atoms with Gasteiger partial charge < -0.3 is 9.47 Å². The molecule has 23 heavy (non-hydrogen) atoms. The van der Waals surface area contributed by atoms with Gasteiger partial charge in [0.15, 0.2) is 5.94 Å². The lowest BCUT2D eigenvalue weighted by Gasteiger charge is -2.13. The summed E-state index contributed by atoms with van der Waals surface area (Å²) in [6.07, 6.45) is 0.493. The molecule has 1 N–H and O–H groups in total. The Kier molecular flexibility index (Phi) is 13.1. The zero-order chi connectivity index (χ0) is 17.7. The van der Waals surface area contributed by atoms with Gasteiger partial charge in [-0.15, -0.1) is 0 Å². The van der Waals surface area contributed by atoms with Crippen LogP contribution < -0.4 is 4.72 Å². The number of rotatable bonds is 15. The highest BCUT2D eigenvalue weighted by Gasteiger charge is 2.13. The number of carbonyl (C=O) groups excluding carboxylic acids is 1. The summed E-state index contributed by atoms with van der Waals surface area (Å²) in [5.74, 6) is 1.87. The molecule has 0 aliphatic carbocycles. The number of Topliss-reactive ketones (excluding diaryl/α,β-unsaturated/α-hetero) is 1. The number of nitrogens with one attached hydrogen (secondary N) is 1. The first kappa shape index (κ1) is 22.9. The summed E-state index contributed by atoms with van der Waals surface area (Å²) in [6, 6.07) is 0. The second-order valence-electron chi connectivity index (χ2n) is 5.74. The highest BCUT2D eigenvalue weighted by atomic mass is 32.2.